The molecule has 20 heteroatoms. The SMILES string of the molecule is Nc1cc(C(=O)Nc2cc(NC(=O)c3ccccc3)cc(C(=O)NCCNC(=O)c3cc(NC(=O)c4ccccc4)cc(NC(=O)c4cc(N)cc([N+](=O)[O-])c4)c3)c2)cc([N+](=O)[O-])c1. The monoisotopic (exact) mass is 864 g/mol. The Bertz CT molecular complexity index is 2650. The summed E-state index contributed by atoms with van der Waals surface area (Å²) in [6.07, 6.45) is 0. The van der Waals surface area contributed by atoms with Crippen LogP contribution in [0.15, 0.2) is 133 Å². The van der Waals surface area contributed by atoms with Crippen molar-refractivity contribution in [2.45, 2.75) is 0 Å². The van der Waals surface area contributed by atoms with Gasteiger partial charge < -0.3 is 43.4 Å². The van der Waals surface area contributed by atoms with Crippen LogP contribution < -0.4 is 43.4 Å². The van der Waals surface area contributed by atoms with Crippen molar-refractivity contribution >= 4 is 80.9 Å². The van der Waals surface area contributed by atoms with E-state index >= 15 is 0 Å². The Morgan fingerprint density at radius 3 is 1.00 bits per heavy atom. The van der Waals surface area contributed by atoms with Crippen LogP contribution in [0, 0.1) is 20.2 Å². The van der Waals surface area contributed by atoms with Gasteiger partial charge in [-0.25, -0.2) is 0 Å². The van der Waals surface area contributed by atoms with Crippen LogP contribution in [0.2, 0.25) is 0 Å². The summed E-state index contributed by atoms with van der Waals surface area (Å²) in [5, 5.41) is 38.5. The van der Waals surface area contributed by atoms with Crippen molar-refractivity contribution in [3.05, 3.63) is 187 Å². The minimum atomic E-state index is -0.795. The Hall–Kier alpha value is -9.46. The van der Waals surface area contributed by atoms with Crippen LogP contribution in [0.5, 0.6) is 0 Å². The first-order valence-electron chi connectivity index (χ1n) is 18.9. The normalized spacial score (nSPS) is 10.4. The van der Waals surface area contributed by atoms with Crippen LogP contribution >= 0.6 is 0 Å². The summed E-state index contributed by atoms with van der Waals surface area (Å²) in [5.74, 6) is -4.00. The van der Waals surface area contributed by atoms with E-state index < -0.39 is 56.7 Å². The van der Waals surface area contributed by atoms with Gasteiger partial charge in [-0.3, -0.25) is 49.0 Å². The first-order chi connectivity index (χ1) is 30.6. The molecule has 0 atom stereocenters. The number of anilines is 6. The van der Waals surface area contributed by atoms with Gasteiger partial charge in [-0.2, -0.15) is 0 Å². The van der Waals surface area contributed by atoms with E-state index in [9.17, 15) is 49.0 Å². The summed E-state index contributed by atoms with van der Waals surface area (Å²) < 4.78 is 0. The van der Waals surface area contributed by atoms with Gasteiger partial charge in [0.05, 0.1) is 9.85 Å². The molecule has 0 aromatic heterocycles. The number of carbonyl (C=O) groups excluding carboxylic acids is 6. The number of hydrogen-bond acceptors (Lipinski definition) is 12. The number of nitro benzene ring substituents is 2. The van der Waals surface area contributed by atoms with Crippen LogP contribution in [0.3, 0.4) is 0 Å². The predicted octanol–water partition coefficient (Wildman–Crippen LogP) is 5.84. The zero-order valence-corrected chi connectivity index (χ0v) is 33.2. The second-order valence-electron chi connectivity index (χ2n) is 13.8. The van der Waals surface area contributed by atoms with E-state index in [0.717, 1.165) is 24.3 Å². The van der Waals surface area contributed by atoms with Gasteiger partial charge in [-0.05, 0) is 72.8 Å². The lowest BCUT2D eigenvalue weighted by Crippen LogP contribution is -2.34. The Morgan fingerprint density at radius 1 is 0.391 bits per heavy atom. The average Bonchev–Trinajstić information content (AvgIpc) is 3.27. The molecule has 0 aliphatic carbocycles. The molecule has 0 radical (unpaired) electrons. The summed E-state index contributed by atoms with van der Waals surface area (Å²) >= 11 is 0. The second kappa shape index (κ2) is 19.7. The minimum absolute atomic E-state index is 0.0289. The highest BCUT2D eigenvalue weighted by atomic mass is 16.6. The van der Waals surface area contributed by atoms with Gasteiger partial charge in [0, 0.05) is 105 Å². The fourth-order valence-electron chi connectivity index (χ4n) is 6.10. The molecule has 6 aromatic carbocycles. The third kappa shape index (κ3) is 11.6. The first-order valence-corrected chi connectivity index (χ1v) is 18.9. The third-order valence-corrected chi connectivity index (χ3v) is 9.02. The van der Waals surface area contributed by atoms with Gasteiger partial charge >= 0.3 is 0 Å². The predicted molar refractivity (Wildman–Crippen MR) is 237 cm³/mol. The lowest BCUT2D eigenvalue weighted by atomic mass is 10.1. The van der Waals surface area contributed by atoms with E-state index in [2.05, 4.69) is 31.9 Å². The number of hydrogen-bond donors (Lipinski definition) is 8. The van der Waals surface area contributed by atoms with E-state index in [1.54, 1.807) is 60.7 Å². The van der Waals surface area contributed by atoms with Crippen LogP contribution in [-0.2, 0) is 0 Å². The number of nitrogens with two attached hydrogens (primary N) is 2. The number of non-ortho nitro benzene ring substituents is 2. The molecule has 0 aliphatic rings. The molecule has 0 spiro atoms. The fraction of sp³-hybridized carbons (Fsp3) is 0.0455. The molecule has 0 fully saturated rings. The lowest BCUT2D eigenvalue weighted by molar-refractivity contribution is -0.385. The minimum Gasteiger partial charge on any atom is -0.399 e. The van der Waals surface area contributed by atoms with Crippen molar-refractivity contribution in [3.63, 3.8) is 0 Å². The number of nitrogens with one attached hydrogen (secondary N) is 6. The van der Waals surface area contributed by atoms with E-state index in [1.165, 1.54) is 48.5 Å². The van der Waals surface area contributed by atoms with Crippen LogP contribution in [-0.4, -0.2) is 58.4 Å². The Balaban J connectivity index is 1.17. The topological polar surface area (TPSA) is 313 Å². The van der Waals surface area contributed by atoms with Crippen molar-refractivity contribution in [2.75, 3.05) is 45.8 Å². The molecule has 0 bridgehead atoms. The highest BCUT2D eigenvalue weighted by molar-refractivity contribution is 6.10. The highest BCUT2D eigenvalue weighted by Crippen LogP contribution is 2.25. The van der Waals surface area contributed by atoms with Gasteiger partial charge in [0.15, 0.2) is 0 Å². The maximum Gasteiger partial charge on any atom is 0.272 e. The maximum absolute atomic E-state index is 13.5. The maximum atomic E-state index is 13.5. The molecule has 322 valence electrons. The molecule has 6 amide bonds. The van der Waals surface area contributed by atoms with Crippen molar-refractivity contribution in [3.8, 4) is 0 Å². The summed E-state index contributed by atoms with van der Waals surface area (Å²) in [5.41, 5.74) is 11.2. The highest BCUT2D eigenvalue weighted by Gasteiger charge is 2.19. The van der Waals surface area contributed by atoms with Crippen LogP contribution in [0.4, 0.5) is 45.5 Å². The first kappa shape index (κ1) is 44.1. The van der Waals surface area contributed by atoms with Gasteiger partial charge in [-0.15, -0.1) is 0 Å². The van der Waals surface area contributed by atoms with Crippen molar-refractivity contribution in [2.24, 2.45) is 0 Å². The Kier molecular flexibility index (Phi) is 13.6. The molecule has 6 aromatic rings. The zero-order valence-electron chi connectivity index (χ0n) is 33.2. The van der Waals surface area contributed by atoms with Gasteiger partial charge in [0.2, 0.25) is 0 Å². The average molecular weight is 865 g/mol. The summed E-state index contributed by atoms with van der Waals surface area (Å²) in [4.78, 5) is 101. The summed E-state index contributed by atoms with van der Waals surface area (Å²) in [7, 11) is 0. The molecule has 0 unspecified atom stereocenters. The summed E-state index contributed by atoms with van der Waals surface area (Å²) in [6.45, 7) is -0.274. The molecule has 64 heavy (non-hydrogen) atoms. The number of carbonyl (C=O) groups is 6. The van der Waals surface area contributed by atoms with Gasteiger partial charge in [0.25, 0.3) is 46.8 Å². The smallest absolute Gasteiger partial charge is 0.272 e. The number of amides is 6. The zero-order chi connectivity index (χ0) is 45.9. The number of rotatable bonds is 15. The lowest BCUT2D eigenvalue weighted by Gasteiger charge is -2.14. The standard InChI is InChI=1S/C44H36N10O10/c45-31-13-27(19-37(21-31)53(61)62)43(59)51-35-17-29(15-33(23-35)49-41(57)25-7-3-1-4-8-25)39(55)47-11-12-48-40(56)30-16-34(50-42(58)26-9-5-2-6-10-26)24-36(18-30)52-44(60)28-14-32(46)22-38(20-28)54(63)64/h1-10,13-24H,11-12,45-46H2,(H,47,55)(H,48,56)(H,49,57)(H,50,58)(H,51,59)(H,52,60). The van der Waals surface area contributed by atoms with Crippen LogP contribution in [0.1, 0.15) is 62.1 Å². The molecule has 0 saturated carbocycles. The van der Waals surface area contributed by atoms with E-state index in [4.69, 9.17) is 11.5 Å². The quantitative estimate of drug-likeness (QED) is 0.0261. The molecule has 0 heterocycles. The summed E-state index contributed by atoms with van der Waals surface area (Å²) in [6, 6.07) is 31.1. The number of benzene rings is 6. The van der Waals surface area contributed by atoms with Crippen molar-refractivity contribution in [1.29, 1.82) is 0 Å². The third-order valence-electron chi connectivity index (χ3n) is 9.02. The van der Waals surface area contributed by atoms with Gasteiger partial charge in [0.1, 0.15) is 0 Å². The fourth-order valence-corrected chi connectivity index (χ4v) is 6.10. The number of nitro groups is 2. The van der Waals surface area contributed by atoms with E-state index in [1.807, 2.05) is 0 Å². The van der Waals surface area contributed by atoms with Gasteiger partial charge in [-0.1, -0.05) is 36.4 Å². The number of nitrogens with zero attached hydrogens (tertiary/aromatic N) is 2. The largest absolute Gasteiger partial charge is 0.399 e. The van der Waals surface area contributed by atoms with Crippen molar-refractivity contribution in [1.82, 2.24) is 10.6 Å². The van der Waals surface area contributed by atoms with E-state index in [-0.39, 0.29) is 69.5 Å². The molecule has 6 rings (SSSR count). The molecular weight excluding hydrogens is 829 g/mol. The molecular formula is C44H36N10O10. The van der Waals surface area contributed by atoms with Crippen LogP contribution in [0.25, 0.3) is 0 Å². The number of nitrogen functional groups attached to an aromatic ring is 2. The van der Waals surface area contributed by atoms with Crippen molar-refractivity contribution < 1.29 is 38.6 Å². The second-order valence-corrected chi connectivity index (χ2v) is 13.8. The molecule has 0 saturated heterocycles. The molecule has 20 nitrogen and oxygen atoms in total. The Labute approximate surface area is 362 Å². The van der Waals surface area contributed by atoms with E-state index in [0.29, 0.717) is 11.1 Å². The Morgan fingerprint density at radius 2 is 0.688 bits per heavy atom. The molecule has 0 aliphatic heterocycles. The molecule has 10 N–H and O–H groups in total.